The molecule has 1 aliphatic carbocycles. The third-order valence-corrected chi connectivity index (χ3v) is 4.87. The van der Waals surface area contributed by atoms with Gasteiger partial charge in [-0.3, -0.25) is 34.2 Å². The largest absolute Gasteiger partial charge is 0.454 e. The smallest absolute Gasteiger partial charge is 0.326 e. The number of ether oxygens (including phenoxy) is 1. The number of esters is 1. The van der Waals surface area contributed by atoms with Gasteiger partial charge in [0.25, 0.3) is 11.8 Å². The quantitative estimate of drug-likeness (QED) is 0.601. The van der Waals surface area contributed by atoms with Crippen molar-refractivity contribution in [2.75, 3.05) is 13.2 Å². The number of carbonyl (C=O) groups excluding carboxylic acids is 5. The molecule has 0 spiro atoms. The van der Waals surface area contributed by atoms with Crippen LogP contribution in [0.1, 0.15) is 36.0 Å². The van der Waals surface area contributed by atoms with Crippen LogP contribution in [0.4, 0.5) is 0 Å². The Morgan fingerprint density at radius 2 is 1.59 bits per heavy atom. The normalized spacial score (nSPS) is 21.6. The van der Waals surface area contributed by atoms with E-state index < -0.39 is 30.9 Å². The van der Waals surface area contributed by atoms with Crippen LogP contribution in [-0.4, -0.2) is 47.6 Å². The Hall–Kier alpha value is -3.03. The summed E-state index contributed by atoms with van der Waals surface area (Å²) in [5.41, 5.74) is 0.299. The molecule has 1 aliphatic heterocycles. The minimum absolute atomic E-state index is 0.299. The van der Waals surface area contributed by atoms with Crippen LogP contribution in [-0.2, 0) is 23.9 Å². The molecule has 8 nitrogen and oxygen atoms in total. The van der Waals surface area contributed by atoms with Crippen LogP contribution in [0.5, 0.6) is 0 Å². The molecule has 142 valence electrons. The number of carbonyl (C=O) groups is 5. The number of likely N-dealkylation sites (tertiary alicyclic amines) is 1. The van der Waals surface area contributed by atoms with Crippen molar-refractivity contribution in [1.29, 1.82) is 0 Å². The van der Waals surface area contributed by atoms with E-state index in [0.29, 0.717) is 18.4 Å². The Labute approximate surface area is 155 Å². The van der Waals surface area contributed by atoms with Gasteiger partial charge in [0.05, 0.1) is 11.8 Å². The van der Waals surface area contributed by atoms with E-state index in [9.17, 15) is 24.0 Å². The lowest BCUT2D eigenvalue weighted by Gasteiger charge is -2.19. The van der Waals surface area contributed by atoms with Crippen LogP contribution in [0.3, 0.4) is 0 Å². The SMILES string of the molecule is O=C(COC(=O)CN1C(=O)[C@H]2CCCC[C@@H]2C1=O)NC(=O)c1ccccc1. The van der Waals surface area contributed by atoms with Crippen molar-refractivity contribution in [1.82, 2.24) is 10.2 Å². The molecular weight excluding hydrogens is 352 g/mol. The van der Waals surface area contributed by atoms with Crippen LogP contribution in [0.2, 0.25) is 0 Å². The molecule has 2 atom stereocenters. The van der Waals surface area contributed by atoms with Gasteiger partial charge in [0.15, 0.2) is 6.61 Å². The summed E-state index contributed by atoms with van der Waals surface area (Å²) in [6.07, 6.45) is 3.11. The van der Waals surface area contributed by atoms with Crippen molar-refractivity contribution in [2.45, 2.75) is 25.7 Å². The molecule has 8 heteroatoms. The summed E-state index contributed by atoms with van der Waals surface area (Å²) in [5, 5.41) is 2.10. The Balaban J connectivity index is 1.47. The van der Waals surface area contributed by atoms with E-state index in [4.69, 9.17) is 4.74 Å². The maximum Gasteiger partial charge on any atom is 0.326 e. The highest BCUT2D eigenvalue weighted by molar-refractivity contribution is 6.07. The average molecular weight is 372 g/mol. The second-order valence-corrected chi connectivity index (χ2v) is 6.66. The molecule has 1 saturated carbocycles. The zero-order valence-corrected chi connectivity index (χ0v) is 14.7. The van der Waals surface area contributed by atoms with Crippen LogP contribution in [0.15, 0.2) is 30.3 Å². The van der Waals surface area contributed by atoms with Gasteiger partial charge in [0.1, 0.15) is 6.54 Å². The summed E-state index contributed by atoms with van der Waals surface area (Å²) < 4.78 is 4.80. The fourth-order valence-electron chi connectivity index (χ4n) is 3.53. The van der Waals surface area contributed by atoms with Crippen molar-refractivity contribution in [3.05, 3.63) is 35.9 Å². The maximum absolute atomic E-state index is 12.3. The molecule has 27 heavy (non-hydrogen) atoms. The van der Waals surface area contributed by atoms with Gasteiger partial charge in [-0.15, -0.1) is 0 Å². The lowest BCUT2D eigenvalue weighted by atomic mass is 9.81. The zero-order valence-electron chi connectivity index (χ0n) is 14.7. The average Bonchev–Trinajstić information content (AvgIpc) is 2.92. The van der Waals surface area contributed by atoms with Crippen molar-refractivity contribution in [3.63, 3.8) is 0 Å². The molecule has 3 rings (SSSR count). The molecule has 1 saturated heterocycles. The first-order valence-electron chi connectivity index (χ1n) is 8.87. The summed E-state index contributed by atoms with van der Waals surface area (Å²) in [5.74, 6) is -3.62. The Morgan fingerprint density at radius 1 is 1.00 bits per heavy atom. The summed E-state index contributed by atoms with van der Waals surface area (Å²) in [7, 11) is 0. The minimum Gasteiger partial charge on any atom is -0.454 e. The highest BCUT2D eigenvalue weighted by Crippen LogP contribution is 2.37. The van der Waals surface area contributed by atoms with Crippen molar-refractivity contribution in [2.24, 2.45) is 11.8 Å². The molecule has 1 aromatic carbocycles. The van der Waals surface area contributed by atoms with Crippen LogP contribution >= 0.6 is 0 Å². The Kier molecular flexibility index (Phi) is 5.63. The molecule has 0 bridgehead atoms. The van der Waals surface area contributed by atoms with Crippen molar-refractivity contribution >= 4 is 29.6 Å². The highest BCUT2D eigenvalue weighted by Gasteiger charge is 2.48. The number of imide groups is 2. The molecular formula is C19H20N2O6. The fourth-order valence-corrected chi connectivity index (χ4v) is 3.53. The van der Waals surface area contributed by atoms with E-state index in [0.717, 1.165) is 17.7 Å². The van der Waals surface area contributed by atoms with Gasteiger partial charge in [-0.25, -0.2) is 0 Å². The standard InChI is InChI=1S/C19H20N2O6/c22-15(20-17(24)12-6-2-1-3-7-12)11-27-16(23)10-21-18(25)13-8-4-5-9-14(13)19(21)26/h1-3,6-7,13-14H,4-5,8-11H2,(H,20,22,24)/t13-,14-/m0/s1. The predicted octanol–water partition coefficient (Wildman–Crippen LogP) is 0.661. The second kappa shape index (κ2) is 8.11. The Morgan fingerprint density at radius 3 is 2.19 bits per heavy atom. The second-order valence-electron chi connectivity index (χ2n) is 6.66. The molecule has 4 amide bonds. The number of amides is 4. The van der Waals surface area contributed by atoms with E-state index >= 15 is 0 Å². The van der Waals surface area contributed by atoms with E-state index in [-0.39, 0.29) is 23.7 Å². The third kappa shape index (κ3) is 4.21. The van der Waals surface area contributed by atoms with Crippen molar-refractivity contribution in [3.8, 4) is 0 Å². The molecule has 1 N–H and O–H groups in total. The number of rotatable bonds is 5. The summed E-state index contributed by atoms with van der Waals surface area (Å²) >= 11 is 0. The van der Waals surface area contributed by atoms with Gasteiger partial charge >= 0.3 is 5.97 Å². The number of hydrogen-bond acceptors (Lipinski definition) is 6. The number of nitrogens with zero attached hydrogens (tertiary/aromatic N) is 1. The molecule has 1 heterocycles. The number of hydrogen-bond donors (Lipinski definition) is 1. The number of nitrogens with one attached hydrogen (secondary N) is 1. The van der Waals surface area contributed by atoms with Gasteiger partial charge in [0.2, 0.25) is 11.8 Å². The summed E-state index contributed by atoms with van der Waals surface area (Å²) in [4.78, 5) is 61.0. The summed E-state index contributed by atoms with van der Waals surface area (Å²) in [6, 6.07) is 8.12. The third-order valence-electron chi connectivity index (χ3n) is 4.87. The topological polar surface area (TPSA) is 110 Å². The minimum atomic E-state index is -0.863. The molecule has 2 fully saturated rings. The number of benzene rings is 1. The zero-order chi connectivity index (χ0) is 19.4. The highest BCUT2D eigenvalue weighted by atomic mass is 16.5. The van der Waals surface area contributed by atoms with E-state index in [1.54, 1.807) is 30.3 Å². The molecule has 0 radical (unpaired) electrons. The summed E-state index contributed by atoms with van der Waals surface area (Å²) in [6.45, 7) is -1.18. The van der Waals surface area contributed by atoms with Gasteiger partial charge < -0.3 is 4.74 Å². The molecule has 0 unspecified atom stereocenters. The van der Waals surface area contributed by atoms with Gasteiger partial charge in [-0.05, 0) is 25.0 Å². The van der Waals surface area contributed by atoms with E-state index in [2.05, 4.69) is 5.32 Å². The number of fused-ring (bicyclic) bond motifs is 1. The fraction of sp³-hybridized carbons (Fsp3) is 0.421. The van der Waals surface area contributed by atoms with Gasteiger partial charge in [0, 0.05) is 5.56 Å². The van der Waals surface area contributed by atoms with E-state index in [1.165, 1.54) is 0 Å². The first-order valence-corrected chi connectivity index (χ1v) is 8.87. The van der Waals surface area contributed by atoms with Crippen molar-refractivity contribution < 1.29 is 28.7 Å². The molecule has 0 aromatic heterocycles. The van der Waals surface area contributed by atoms with Crippen LogP contribution in [0, 0.1) is 11.8 Å². The first-order chi connectivity index (χ1) is 13.0. The molecule has 1 aromatic rings. The monoisotopic (exact) mass is 372 g/mol. The first kappa shape index (κ1) is 18.8. The maximum atomic E-state index is 12.3. The van der Waals surface area contributed by atoms with Crippen LogP contribution in [0.25, 0.3) is 0 Å². The van der Waals surface area contributed by atoms with Crippen LogP contribution < -0.4 is 5.32 Å². The van der Waals surface area contributed by atoms with Gasteiger partial charge in [-0.2, -0.15) is 0 Å². The molecule has 2 aliphatic rings. The van der Waals surface area contributed by atoms with E-state index in [1.807, 2.05) is 0 Å². The lowest BCUT2D eigenvalue weighted by molar-refractivity contribution is -0.154. The van der Waals surface area contributed by atoms with Gasteiger partial charge in [-0.1, -0.05) is 31.0 Å². The lowest BCUT2D eigenvalue weighted by Crippen LogP contribution is -2.39. The predicted molar refractivity (Wildman–Crippen MR) is 92.0 cm³/mol. The Bertz CT molecular complexity index is 752.